The van der Waals surface area contributed by atoms with E-state index in [9.17, 15) is 4.79 Å². The first-order valence-corrected chi connectivity index (χ1v) is 10.9. The van der Waals surface area contributed by atoms with E-state index < -0.39 is 0 Å². The van der Waals surface area contributed by atoms with E-state index in [4.69, 9.17) is 9.72 Å². The molecule has 4 aromatic rings. The fraction of sp³-hybridized carbons (Fsp3) is 0.200. The molecule has 0 saturated carbocycles. The van der Waals surface area contributed by atoms with Gasteiger partial charge in [-0.2, -0.15) is 0 Å². The lowest BCUT2D eigenvalue weighted by Gasteiger charge is -2.16. The Morgan fingerprint density at radius 3 is 2.40 bits per heavy atom. The first-order valence-electron chi connectivity index (χ1n) is 9.95. The first-order chi connectivity index (χ1) is 14.6. The molecule has 4 rings (SSSR count). The number of aromatic nitrogens is 2. The maximum atomic E-state index is 13.4. The van der Waals surface area contributed by atoms with Gasteiger partial charge in [-0.05, 0) is 41.3 Å². The predicted octanol–water partition coefficient (Wildman–Crippen LogP) is 5.81. The summed E-state index contributed by atoms with van der Waals surface area (Å²) < 4.78 is 7.18. The van der Waals surface area contributed by atoms with Gasteiger partial charge in [0.05, 0.1) is 23.7 Å². The van der Waals surface area contributed by atoms with Gasteiger partial charge in [-0.25, -0.2) is 4.98 Å². The zero-order valence-electron chi connectivity index (χ0n) is 17.3. The third-order valence-electron chi connectivity index (χ3n) is 5.09. The predicted molar refractivity (Wildman–Crippen MR) is 124 cm³/mol. The van der Waals surface area contributed by atoms with Gasteiger partial charge in [0.2, 0.25) is 0 Å². The fourth-order valence-corrected chi connectivity index (χ4v) is 4.34. The Morgan fingerprint density at radius 2 is 1.67 bits per heavy atom. The molecule has 0 saturated heterocycles. The Bertz CT molecular complexity index is 1230. The maximum Gasteiger partial charge on any atom is 0.266 e. The van der Waals surface area contributed by atoms with Crippen LogP contribution in [-0.2, 0) is 5.75 Å². The first kappa shape index (κ1) is 20.2. The summed E-state index contributed by atoms with van der Waals surface area (Å²) in [6.07, 6.45) is 0. The number of benzene rings is 3. The van der Waals surface area contributed by atoms with Crippen LogP contribution in [0.2, 0.25) is 0 Å². The van der Waals surface area contributed by atoms with E-state index in [-0.39, 0.29) is 5.56 Å². The molecule has 1 heterocycles. The van der Waals surface area contributed by atoms with Crippen molar-refractivity contribution in [2.75, 3.05) is 7.11 Å². The van der Waals surface area contributed by atoms with Gasteiger partial charge in [-0.3, -0.25) is 9.36 Å². The van der Waals surface area contributed by atoms with Crippen LogP contribution >= 0.6 is 11.8 Å². The smallest absolute Gasteiger partial charge is 0.266 e. The number of ether oxygens (including phenoxy) is 1. The number of para-hydroxylation sites is 3. The monoisotopic (exact) mass is 416 g/mol. The molecule has 0 radical (unpaired) electrons. The lowest BCUT2D eigenvalue weighted by atomic mass is 10.0. The maximum absolute atomic E-state index is 13.4. The number of fused-ring (bicyclic) bond motifs is 1. The van der Waals surface area contributed by atoms with E-state index >= 15 is 0 Å². The number of rotatable bonds is 6. The second kappa shape index (κ2) is 8.76. The number of nitrogens with zero attached hydrogens (tertiary/aromatic N) is 2. The summed E-state index contributed by atoms with van der Waals surface area (Å²) in [4.78, 5) is 18.2. The van der Waals surface area contributed by atoms with Crippen LogP contribution < -0.4 is 10.3 Å². The molecule has 152 valence electrons. The summed E-state index contributed by atoms with van der Waals surface area (Å²) in [5, 5.41) is 1.24. The molecule has 4 nitrogen and oxygen atoms in total. The van der Waals surface area contributed by atoms with E-state index in [1.165, 1.54) is 11.1 Å². The third-order valence-corrected chi connectivity index (χ3v) is 6.10. The third kappa shape index (κ3) is 3.98. The molecule has 3 aromatic carbocycles. The van der Waals surface area contributed by atoms with E-state index in [1.54, 1.807) is 23.4 Å². The van der Waals surface area contributed by atoms with Gasteiger partial charge in [0.1, 0.15) is 5.75 Å². The molecule has 0 fully saturated rings. The van der Waals surface area contributed by atoms with Crippen molar-refractivity contribution in [2.24, 2.45) is 0 Å². The highest BCUT2D eigenvalue weighted by molar-refractivity contribution is 7.98. The van der Waals surface area contributed by atoms with Gasteiger partial charge >= 0.3 is 0 Å². The second-order valence-corrected chi connectivity index (χ2v) is 8.35. The summed E-state index contributed by atoms with van der Waals surface area (Å²) in [5.74, 6) is 1.86. The van der Waals surface area contributed by atoms with Gasteiger partial charge in [-0.15, -0.1) is 0 Å². The minimum absolute atomic E-state index is 0.0947. The molecular formula is C25H24N2O2S. The number of hydrogen-bond donors (Lipinski definition) is 0. The van der Waals surface area contributed by atoms with Gasteiger partial charge in [0.25, 0.3) is 5.56 Å². The summed E-state index contributed by atoms with van der Waals surface area (Å²) in [5.41, 5.74) is 3.81. The van der Waals surface area contributed by atoms with Crippen LogP contribution in [0.3, 0.4) is 0 Å². The molecule has 5 heteroatoms. The van der Waals surface area contributed by atoms with Crippen LogP contribution in [0.25, 0.3) is 16.6 Å². The Morgan fingerprint density at radius 1 is 0.967 bits per heavy atom. The van der Waals surface area contributed by atoms with Crippen LogP contribution in [0.5, 0.6) is 5.75 Å². The zero-order chi connectivity index (χ0) is 21.1. The van der Waals surface area contributed by atoms with Crippen molar-refractivity contribution in [3.05, 3.63) is 94.3 Å². The van der Waals surface area contributed by atoms with Gasteiger partial charge < -0.3 is 4.74 Å². The highest BCUT2D eigenvalue weighted by atomic mass is 32.2. The van der Waals surface area contributed by atoms with Gasteiger partial charge in [0.15, 0.2) is 5.16 Å². The number of thioether (sulfide) groups is 1. The molecule has 0 N–H and O–H groups in total. The van der Waals surface area contributed by atoms with Crippen molar-refractivity contribution >= 4 is 22.7 Å². The van der Waals surface area contributed by atoms with Crippen molar-refractivity contribution in [3.8, 4) is 11.4 Å². The van der Waals surface area contributed by atoms with Crippen molar-refractivity contribution in [1.29, 1.82) is 0 Å². The van der Waals surface area contributed by atoms with E-state index in [0.29, 0.717) is 33.4 Å². The summed E-state index contributed by atoms with van der Waals surface area (Å²) in [6.45, 7) is 4.38. The highest BCUT2D eigenvalue weighted by Gasteiger charge is 2.16. The van der Waals surface area contributed by atoms with Crippen LogP contribution in [0.4, 0.5) is 0 Å². The normalized spacial score (nSPS) is 11.2. The fourth-order valence-electron chi connectivity index (χ4n) is 3.38. The molecule has 0 amide bonds. The summed E-state index contributed by atoms with van der Waals surface area (Å²) in [7, 11) is 1.61. The number of methoxy groups -OCH3 is 1. The van der Waals surface area contributed by atoms with E-state index in [0.717, 1.165) is 5.75 Å². The Kier molecular flexibility index (Phi) is 5.91. The molecular weight excluding hydrogens is 392 g/mol. The Balaban J connectivity index is 1.79. The minimum atomic E-state index is -0.0947. The molecule has 0 bridgehead atoms. The van der Waals surface area contributed by atoms with Crippen LogP contribution in [0.1, 0.15) is 30.9 Å². The van der Waals surface area contributed by atoms with Crippen molar-refractivity contribution < 1.29 is 4.74 Å². The number of hydrogen-bond acceptors (Lipinski definition) is 4. The van der Waals surface area contributed by atoms with Crippen LogP contribution in [0, 0.1) is 0 Å². The van der Waals surface area contributed by atoms with E-state index in [1.807, 2.05) is 48.5 Å². The SMILES string of the molecule is COc1ccccc1-n1c(SCc2ccc(C(C)C)cc2)nc2ccccc2c1=O. The lowest BCUT2D eigenvalue weighted by Crippen LogP contribution is -2.22. The Labute approximate surface area is 180 Å². The molecule has 30 heavy (non-hydrogen) atoms. The molecule has 0 aliphatic rings. The van der Waals surface area contributed by atoms with Crippen LogP contribution in [-0.4, -0.2) is 16.7 Å². The Hall–Kier alpha value is -3.05. The highest BCUT2D eigenvalue weighted by Crippen LogP contribution is 2.29. The van der Waals surface area contributed by atoms with Crippen molar-refractivity contribution in [2.45, 2.75) is 30.7 Å². The summed E-state index contributed by atoms with van der Waals surface area (Å²) in [6, 6.07) is 23.6. The van der Waals surface area contributed by atoms with Crippen molar-refractivity contribution in [3.63, 3.8) is 0 Å². The van der Waals surface area contributed by atoms with E-state index in [2.05, 4.69) is 38.1 Å². The minimum Gasteiger partial charge on any atom is -0.495 e. The molecule has 1 aromatic heterocycles. The standard InChI is InChI=1S/C25H24N2O2S/c1-17(2)19-14-12-18(13-15-19)16-30-25-26-21-9-5-4-8-20(21)24(28)27(25)22-10-6-7-11-23(22)29-3/h4-15,17H,16H2,1-3H3. The second-order valence-electron chi connectivity index (χ2n) is 7.41. The summed E-state index contributed by atoms with van der Waals surface area (Å²) >= 11 is 1.55. The quantitative estimate of drug-likeness (QED) is 0.294. The van der Waals surface area contributed by atoms with Gasteiger partial charge in [0, 0.05) is 5.75 Å². The largest absolute Gasteiger partial charge is 0.495 e. The molecule has 0 atom stereocenters. The lowest BCUT2D eigenvalue weighted by molar-refractivity contribution is 0.411. The van der Waals surface area contributed by atoms with Crippen LogP contribution in [0.15, 0.2) is 82.7 Å². The van der Waals surface area contributed by atoms with Crippen molar-refractivity contribution in [1.82, 2.24) is 9.55 Å². The topological polar surface area (TPSA) is 44.1 Å². The zero-order valence-corrected chi connectivity index (χ0v) is 18.1. The average Bonchev–Trinajstić information content (AvgIpc) is 2.78. The molecule has 0 unspecified atom stereocenters. The van der Waals surface area contributed by atoms with Gasteiger partial charge in [-0.1, -0.05) is 74.1 Å². The molecule has 0 aliphatic carbocycles. The average molecular weight is 417 g/mol. The molecule has 0 aliphatic heterocycles. The molecule has 0 spiro atoms.